The zero-order valence-corrected chi connectivity index (χ0v) is 8.66. The van der Waals surface area contributed by atoms with Crippen LogP contribution in [0.15, 0.2) is 0 Å². The molecule has 5 nitrogen and oxygen atoms in total. The molecule has 0 fully saturated rings. The molecule has 1 unspecified atom stereocenters. The van der Waals surface area contributed by atoms with Gasteiger partial charge in [0.05, 0.1) is 6.04 Å². The van der Waals surface area contributed by atoms with Gasteiger partial charge in [-0.2, -0.15) is 0 Å². The van der Waals surface area contributed by atoms with Gasteiger partial charge < -0.3 is 5.73 Å². The fraction of sp³-hybridized carbons (Fsp3) is 1.00. The summed E-state index contributed by atoms with van der Waals surface area (Å²) in [6, 6.07) is -0.0486. The maximum atomic E-state index is 5.68. The normalized spacial score (nSPS) is 15.0. The summed E-state index contributed by atoms with van der Waals surface area (Å²) >= 11 is 0. The van der Waals surface area contributed by atoms with Gasteiger partial charge in [0.1, 0.15) is 5.79 Å². The summed E-state index contributed by atoms with van der Waals surface area (Å²) in [5.41, 5.74) is 22.5. The van der Waals surface area contributed by atoms with E-state index in [1.165, 1.54) is 0 Å². The van der Waals surface area contributed by atoms with Crippen LogP contribution in [0.1, 0.15) is 20.3 Å². The van der Waals surface area contributed by atoms with E-state index < -0.39 is 5.79 Å². The van der Waals surface area contributed by atoms with Crippen LogP contribution in [-0.4, -0.2) is 36.4 Å². The van der Waals surface area contributed by atoms with Crippen molar-refractivity contribution in [3.63, 3.8) is 0 Å². The Bertz CT molecular complexity index is 127. The van der Waals surface area contributed by atoms with E-state index in [2.05, 4.69) is 18.7 Å². The lowest BCUT2D eigenvalue weighted by Crippen LogP contribution is -2.70. The number of rotatable bonds is 6. The van der Waals surface area contributed by atoms with Crippen molar-refractivity contribution in [3.8, 4) is 0 Å². The maximum Gasteiger partial charge on any atom is 0.132 e. The Hall–Kier alpha value is -0.200. The first-order chi connectivity index (χ1) is 5.97. The average Bonchev–Trinajstić information content (AvgIpc) is 2.03. The maximum absolute atomic E-state index is 5.68. The van der Waals surface area contributed by atoms with Gasteiger partial charge in [-0.25, -0.2) is 0 Å². The van der Waals surface area contributed by atoms with E-state index in [0.717, 1.165) is 19.5 Å². The molecule has 0 rings (SSSR count). The molecule has 0 aliphatic heterocycles. The highest BCUT2D eigenvalue weighted by molar-refractivity contribution is 4.87. The molecule has 0 aliphatic rings. The Morgan fingerprint density at radius 3 is 1.85 bits per heavy atom. The van der Waals surface area contributed by atoms with Gasteiger partial charge in [-0.15, -0.1) is 0 Å². The molecule has 0 bridgehead atoms. The highest BCUT2D eigenvalue weighted by atomic mass is 15.3. The molecule has 13 heavy (non-hydrogen) atoms. The molecule has 0 aromatic rings. The second-order valence-corrected chi connectivity index (χ2v) is 3.31. The highest BCUT2D eigenvalue weighted by Gasteiger charge is 2.29. The van der Waals surface area contributed by atoms with Crippen LogP contribution in [0.4, 0.5) is 0 Å². The minimum Gasteiger partial charge on any atom is -0.330 e. The Balaban J connectivity index is 4.38. The minimum absolute atomic E-state index is 0.0486. The lowest BCUT2D eigenvalue weighted by Gasteiger charge is -2.38. The Morgan fingerprint density at radius 2 is 1.62 bits per heavy atom. The van der Waals surface area contributed by atoms with Crippen molar-refractivity contribution < 1.29 is 0 Å². The van der Waals surface area contributed by atoms with Crippen molar-refractivity contribution in [2.75, 3.05) is 19.6 Å². The summed E-state index contributed by atoms with van der Waals surface area (Å²) in [6.45, 7) is 6.43. The van der Waals surface area contributed by atoms with E-state index in [9.17, 15) is 0 Å². The molecule has 0 aliphatic carbocycles. The van der Waals surface area contributed by atoms with Crippen LogP contribution < -0.4 is 22.9 Å². The van der Waals surface area contributed by atoms with Crippen molar-refractivity contribution in [3.05, 3.63) is 0 Å². The smallest absolute Gasteiger partial charge is 0.132 e. The average molecular weight is 189 g/mol. The summed E-state index contributed by atoms with van der Waals surface area (Å²) in [7, 11) is 0. The third kappa shape index (κ3) is 4.02. The zero-order chi connectivity index (χ0) is 10.5. The first-order valence-electron chi connectivity index (χ1n) is 4.78. The topological polar surface area (TPSA) is 107 Å². The number of nitrogens with zero attached hydrogens (tertiary/aromatic N) is 1. The monoisotopic (exact) mass is 189 g/mol. The van der Waals surface area contributed by atoms with Gasteiger partial charge in [-0.05, 0) is 26.1 Å². The minimum atomic E-state index is -1.16. The van der Waals surface area contributed by atoms with Crippen molar-refractivity contribution in [1.82, 2.24) is 4.90 Å². The second-order valence-electron chi connectivity index (χ2n) is 3.31. The SMILES string of the molecule is CCN(CC)C(CCN)C(N)(N)N. The predicted octanol–water partition coefficient (Wildman–Crippen LogP) is -1.42. The summed E-state index contributed by atoms with van der Waals surface area (Å²) in [4.78, 5) is 2.13. The number of likely N-dealkylation sites (N-methyl/N-ethyl adjacent to an activating group) is 1. The van der Waals surface area contributed by atoms with Crippen LogP contribution in [0.25, 0.3) is 0 Å². The van der Waals surface area contributed by atoms with Crippen LogP contribution in [0.3, 0.4) is 0 Å². The van der Waals surface area contributed by atoms with Gasteiger partial charge in [0, 0.05) is 0 Å². The van der Waals surface area contributed by atoms with Gasteiger partial charge in [0.2, 0.25) is 0 Å². The van der Waals surface area contributed by atoms with E-state index in [-0.39, 0.29) is 6.04 Å². The molecule has 0 aromatic heterocycles. The van der Waals surface area contributed by atoms with Crippen molar-refractivity contribution in [1.29, 1.82) is 0 Å². The summed E-state index contributed by atoms with van der Waals surface area (Å²) in [5, 5.41) is 0. The second kappa shape index (κ2) is 5.51. The third-order valence-corrected chi connectivity index (χ3v) is 2.27. The molecule has 0 amide bonds. The fourth-order valence-electron chi connectivity index (χ4n) is 1.57. The molecule has 0 heterocycles. The van der Waals surface area contributed by atoms with E-state index >= 15 is 0 Å². The lowest BCUT2D eigenvalue weighted by molar-refractivity contribution is 0.129. The van der Waals surface area contributed by atoms with Crippen molar-refractivity contribution in [2.45, 2.75) is 32.1 Å². The third-order valence-electron chi connectivity index (χ3n) is 2.27. The quantitative estimate of drug-likeness (QED) is 0.383. The van der Waals surface area contributed by atoms with E-state index in [4.69, 9.17) is 22.9 Å². The van der Waals surface area contributed by atoms with Crippen molar-refractivity contribution >= 4 is 0 Å². The molecular formula is C8H23N5. The summed E-state index contributed by atoms with van der Waals surface area (Å²) < 4.78 is 0. The molecule has 5 heteroatoms. The Kier molecular flexibility index (Phi) is 5.43. The fourth-order valence-corrected chi connectivity index (χ4v) is 1.57. The lowest BCUT2D eigenvalue weighted by atomic mass is 10.1. The van der Waals surface area contributed by atoms with Gasteiger partial charge in [-0.1, -0.05) is 13.8 Å². The standard InChI is InChI=1S/C8H23N5/c1-3-13(4-2)7(5-6-9)8(10,11)12/h7H,3-6,9-12H2,1-2H3. The molecule has 80 valence electrons. The Labute approximate surface area is 80.4 Å². The van der Waals surface area contributed by atoms with Crippen LogP contribution >= 0.6 is 0 Å². The molecule has 0 spiro atoms. The van der Waals surface area contributed by atoms with Gasteiger partial charge in [0.15, 0.2) is 0 Å². The number of nitrogens with two attached hydrogens (primary N) is 4. The molecule has 0 radical (unpaired) electrons. The number of hydrogen-bond donors (Lipinski definition) is 4. The first-order valence-corrected chi connectivity index (χ1v) is 4.78. The van der Waals surface area contributed by atoms with Gasteiger partial charge in [0.25, 0.3) is 0 Å². The van der Waals surface area contributed by atoms with Gasteiger partial charge >= 0.3 is 0 Å². The van der Waals surface area contributed by atoms with Crippen LogP contribution in [0, 0.1) is 0 Å². The molecule has 0 saturated heterocycles. The molecule has 8 N–H and O–H groups in total. The van der Waals surface area contributed by atoms with Gasteiger partial charge in [-0.3, -0.25) is 22.1 Å². The van der Waals surface area contributed by atoms with Crippen molar-refractivity contribution in [2.24, 2.45) is 22.9 Å². The zero-order valence-electron chi connectivity index (χ0n) is 8.66. The number of hydrogen-bond acceptors (Lipinski definition) is 5. The molecule has 1 atom stereocenters. The predicted molar refractivity (Wildman–Crippen MR) is 55.7 cm³/mol. The molecule has 0 saturated carbocycles. The Morgan fingerprint density at radius 1 is 1.15 bits per heavy atom. The molecule has 0 aromatic carbocycles. The summed E-state index contributed by atoms with van der Waals surface area (Å²) in [5.74, 6) is -1.16. The largest absolute Gasteiger partial charge is 0.330 e. The van der Waals surface area contributed by atoms with E-state index in [1.54, 1.807) is 0 Å². The highest BCUT2D eigenvalue weighted by Crippen LogP contribution is 2.08. The first kappa shape index (κ1) is 12.8. The van der Waals surface area contributed by atoms with Crippen LogP contribution in [0.5, 0.6) is 0 Å². The van der Waals surface area contributed by atoms with E-state index in [1.807, 2.05) is 0 Å². The van der Waals surface area contributed by atoms with E-state index in [0.29, 0.717) is 6.54 Å². The molecular weight excluding hydrogens is 166 g/mol. The van der Waals surface area contributed by atoms with Crippen LogP contribution in [-0.2, 0) is 0 Å². The van der Waals surface area contributed by atoms with Crippen LogP contribution in [0.2, 0.25) is 0 Å². The summed E-state index contributed by atoms with van der Waals surface area (Å²) in [6.07, 6.45) is 0.727.